The van der Waals surface area contributed by atoms with Crippen LogP contribution >= 0.6 is 11.6 Å². The Bertz CT molecular complexity index is 319. The SMILES string of the molecule is CN1CCC(Nc2cccc(Cl)c2)CC1. The maximum atomic E-state index is 5.94. The van der Waals surface area contributed by atoms with Crippen molar-refractivity contribution in [1.29, 1.82) is 0 Å². The van der Waals surface area contributed by atoms with Crippen molar-refractivity contribution >= 4 is 17.3 Å². The number of likely N-dealkylation sites (tertiary alicyclic amines) is 1. The molecule has 1 aliphatic heterocycles. The lowest BCUT2D eigenvalue weighted by atomic mass is 10.1. The number of nitrogens with one attached hydrogen (secondary N) is 1. The Hall–Kier alpha value is -0.730. The summed E-state index contributed by atoms with van der Waals surface area (Å²) < 4.78 is 0. The number of benzene rings is 1. The number of hydrogen-bond acceptors (Lipinski definition) is 2. The molecule has 0 aliphatic carbocycles. The Balaban J connectivity index is 1.92. The minimum Gasteiger partial charge on any atom is -0.382 e. The molecule has 1 saturated heterocycles. The third-order valence-corrected chi connectivity index (χ3v) is 3.15. The highest BCUT2D eigenvalue weighted by molar-refractivity contribution is 6.30. The fraction of sp³-hybridized carbons (Fsp3) is 0.500. The van der Waals surface area contributed by atoms with E-state index < -0.39 is 0 Å². The van der Waals surface area contributed by atoms with Gasteiger partial charge in [-0.15, -0.1) is 0 Å². The summed E-state index contributed by atoms with van der Waals surface area (Å²) in [6, 6.07) is 8.55. The molecule has 0 amide bonds. The monoisotopic (exact) mass is 224 g/mol. The molecule has 1 heterocycles. The molecule has 0 unspecified atom stereocenters. The minimum absolute atomic E-state index is 0.597. The normalized spacial score (nSPS) is 19.1. The van der Waals surface area contributed by atoms with Crippen LogP contribution in [0.3, 0.4) is 0 Å². The Kier molecular flexibility index (Phi) is 3.49. The average Bonchev–Trinajstić information content (AvgIpc) is 2.22. The molecule has 82 valence electrons. The summed E-state index contributed by atoms with van der Waals surface area (Å²) in [6.07, 6.45) is 2.42. The summed E-state index contributed by atoms with van der Waals surface area (Å²) in [6.45, 7) is 2.36. The van der Waals surface area contributed by atoms with E-state index in [1.165, 1.54) is 25.9 Å². The van der Waals surface area contributed by atoms with Crippen LogP contribution in [0.2, 0.25) is 5.02 Å². The van der Waals surface area contributed by atoms with Crippen molar-refractivity contribution in [3.05, 3.63) is 29.3 Å². The maximum Gasteiger partial charge on any atom is 0.0426 e. The molecule has 0 radical (unpaired) electrons. The number of piperidine rings is 1. The average molecular weight is 225 g/mol. The highest BCUT2D eigenvalue weighted by Crippen LogP contribution is 2.19. The molecule has 1 aromatic rings. The molecule has 1 aliphatic rings. The van der Waals surface area contributed by atoms with Crippen LogP contribution in [0.1, 0.15) is 12.8 Å². The van der Waals surface area contributed by atoms with Crippen LogP contribution in [-0.4, -0.2) is 31.1 Å². The summed E-state index contributed by atoms with van der Waals surface area (Å²) in [4.78, 5) is 2.37. The first-order chi connectivity index (χ1) is 7.24. The Morgan fingerprint density at radius 3 is 2.73 bits per heavy atom. The van der Waals surface area contributed by atoms with Crippen molar-refractivity contribution in [2.24, 2.45) is 0 Å². The molecule has 0 spiro atoms. The van der Waals surface area contributed by atoms with Crippen molar-refractivity contribution < 1.29 is 0 Å². The molecular weight excluding hydrogens is 208 g/mol. The van der Waals surface area contributed by atoms with Gasteiger partial charge in [-0.1, -0.05) is 17.7 Å². The molecule has 2 nitrogen and oxygen atoms in total. The van der Waals surface area contributed by atoms with E-state index in [0.29, 0.717) is 6.04 Å². The molecule has 0 saturated carbocycles. The topological polar surface area (TPSA) is 15.3 Å². The maximum absolute atomic E-state index is 5.94. The van der Waals surface area contributed by atoms with E-state index in [1.54, 1.807) is 0 Å². The zero-order chi connectivity index (χ0) is 10.7. The van der Waals surface area contributed by atoms with Crippen LogP contribution in [0.25, 0.3) is 0 Å². The summed E-state index contributed by atoms with van der Waals surface area (Å²) >= 11 is 5.94. The highest BCUT2D eigenvalue weighted by atomic mass is 35.5. The van der Waals surface area contributed by atoms with E-state index in [4.69, 9.17) is 11.6 Å². The van der Waals surface area contributed by atoms with Crippen LogP contribution in [0.4, 0.5) is 5.69 Å². The number of nitrogens with zero attached hydrogens (tertiary/aromatic N) is 1. The van der Waals surface area contributed by atoms with E-state index >= 15 is 0 Å². The van der Waals surface area contributed by atoms with E-state index in [0.717, 1.165) is 10.7 Å². The molecule has 2 rings (SSSR count). The van der Waals surface area contributed by atoms with Gasteiger partial charge in [-0.3, -0.25) is 0 Å². The molecule has 1 fully saturated rings. The third-order valence-electron chi connectivity index (χ3n) is 2.91. The third kappa shape index (κ3) is 3.11. The first-order valence-electron chi connectivity index (χ1n) is 5.45. The summed E-state index contributed by atoms with van der Waals surface area (Å²) in [5.41, 5.74) is 1.14. The second-order valence-electron chi connectivity index (χ2n) is 4.23. The molecule has 15 heavy (non-hydrogen) atoms. The summed E-state index contributed by atoms with van der Waals surface area (Å²) in [5.74, 6) is 0. The second kappa shape index (κ2) is 4.86. The lowest BCUT2D eigenvalue weighted by Gasteiger charge is -2.30. The van der Waals surface area contributed by atoms with Gasteiger partial charge in [0.2, 0.25) is 0 Å². The van der Waals surface area contributed by atoms with Crippen LogP contribution < -0.4 is 5.32 Å². The lowest BCUT2D eigenvalue weighted by Crippen LogP contribution is -2.36. The largest absolute Gasteiger partial charge is 0.382 e. The van der Waals surface area contributed by atoms with Gasteiger partial charge in [-0.05, 0) is 51.2 Å². The van der Waals surface area contributed by atoms with Gasteiger partial charge in [0.15, 0.2) is 0 Å². The Morgan fingerprint density at radius 1 is 1.33 bits per heavy atom. The quantitative estimate of drug-likeness (QED) is 0.831. The van der Waals surface area contributed by atoms with Crippen molar-refractivity contribution in [1.82, 2.24) is 4.90 Å². The van der Waals surface area contributed by atoms with E-state index in [1.807, 2.05) is 18.2 Å². The number of rotatable bonds is 2. The zero-order valence-electron chi connectivity index (χ0n) is 9.04. The van der Waals surface area contributed by atoms with Crippen LogP contribution in [0.5, 0.6) is 0 Å². The number of halogens is 1. The predicted molar refractivity (Wildman–Crippen MR) is 65.6 cm³/mol. The van der Waals surface area contributed by atoms with E-state index in [-0.39, 0.29) is 0 Å². The highest BCUT2D eigenvalue weighted by Gasteiger charge is 2.15. The standard InChI is InChI=1S/C12H17ClN2/c1-15-7-5-11(6-8-15)14-12-4-2-3-10(13)9-12/h2-4,9,11,14H,5-8H2,1H3. The molecule has 0 atom stereocenters. The number of hydrogen-bond donors (Lipinski definition) is 1. The smallest absolute Gasteiger partial charge is 0.0426 e. The van der Waals surface area contributed by atoms with Crippen LogP contribution in [-0.2, 0) is 0 Å². The van der Waals surface area contributed by atoms with Crippen molar-refractivity contribution in [3.8, 4) is 0 Å². The summed E-state index contributed by atoms with van der Waals surface area (Å²) in [5, 5.41) is 4.33. The van der Waals surface area contributed by atoms with Crippen molar-refractivity contribution in [2.45, 2.75) is 18.9 Å². The Labute approximate surface area is 96.2 Å². The molecule has 3 heteroatoms. The fourth-order valence-electron chi connectivity index (χ4n) is 1.97. The zero-order valence-corrected chi connectivity index (χ0v) is 9.80. The van der Waals surface area contributed by atoms with Gasteiger partial charge < -0.3 is 10.2 Å². The van der Waals surface area contributed by atoms with Gasteiger partial charge in [-0.2, -0.15) is 0 Å². The van der Waals surface area contributed by atoms with Crippen molar-refractivity contribution in [2.75, 3.05) is 25.5 Å². The molecular formula is C12H17ClN2. The lowest BCUT2D eigenvalue weighted by molar-refractivity contribution is 0.264. The minimum atomic E-state index is 0.597. The fourth-order valence-corrected chi connectivity index (χ4v) is 2.16. The first-order valence-corrected chi connectivity index (χ1v) is 5.82. The van der Waals surface area contributed by atoms with Gasteiger partial charge in [0, 0.05) is 16.8 Å². The van der Waals surface area contributed by atoms with Gasteiger partial charge in [-0.25, -0.2) is 0 Å². The predicted octanol–water partition coefficient (Wildman–Crippen LogP) is 2.85. The van der Waals surface area contributed by atoms with E-state index in [2.05, 4.69) is 23.3 Å². The van der Waals surface area contributed by atoms with Crippen LogP contribution in [0, 0.1) is 0 Å². The van der Waals surface area contributed by atoms with Crippen LogP contribution in [0.15, 0.2) is 24.3 Å². The molecule has 1 N–H and O–H groups in total. The van der Waals surface area contributed by atoms with Gasteiger partial charge in [0.25, 0.3) is 0 Å². The molecule has 1 aromatic carbocycles. The number of anilines is 1. The summed E-state index contributed by atoms with van der Waals surface area (Å²) in [7, 11) is 2.18. The van der Waals surface area contributed by atoms with Gasteiger partial charge >= 0.3 is 0 Å². The van der Waals surface area contributed by atoms with Crippen molar-refractivity contribution in [3.63, 3.8) is 0 Å². The van der Waals surface area contributed by atoms with Gasteiger partial charge in [0.1, 0.15) is 0 Å². The molecule has 0 aromatic heterocycles. The molecule has 0 bridgehead atoms. The van der Waals surface area contributed by atoms with E-state index in [9.17, 15) is 0 Å². The first kappa shape index (κ1) is 10.8. The second-order valence-corrected chi connectivity index (χ2v) is 4.67. The van der Waals surface area contributed by atoms with Gasteiger partial charge in [0.05, 0.1) is 0 Å². The Morgan fingerprint density at radius 2 is 2.07 bits per heavy atom.